The summed E-state index contributed by atoms with van der Waals surface area (Å²) in [7, 11) is 0. The quantitative estimate of drug-likeness (QED) is 0.670. The van der Waals surface area contributed by atoms with Gasteiger partial charge < -0.3 is 15.1 Å². The molecule has 0 bridgehead atoms. The van der Waals surface area contributed by atoms with Crippen LogP contribution in [-0.4, -0.2) is 49.4 Å². The van der Waals surface area contributed by atoms with Gasteiger partial charge in [0.25, 0.3) is 5.91 Å². The standard InChI is InChI=1S/C27H35N3O2/c1-21(31)29-18-13-23(14-19-29)20-22-9-11-25(12-10-22)27(32)28-15-5-17-30-16-4-7-24-6-2-3-8-26(24)30/h2-3,6,8-12,23H,4-5,7,13-20H2,1H3,(H,28,32). The van der Waals surface area contributed by atoms with E-state index in [9.17, 15) is 9.59 Å². The number of nitrogens with zero attached hydrogens (tertiary/aromatic N) is 2. The molecule has 0 radical (unpaired) electrons. The zero-order valence-corrected chi connectivity index (χ0v) is 19.2. The number of aryl methyl sites for hydroxylation is 1. The molecule has 170 valence electrons. The molecule has 2 aliphatic rings. The molecule has 2 aromatic rings. The number of rotatable bonds is 7. The first-order valence-corrected chi connectivity index (χ1v) is 12.1. The van der Waals surface area contributed by atoms with Crippen molar-refractivity contribution in [3.05, 3.63) is 65.2 Å². The second-order valence-electron chi connectivity index (χ2n) is 9.18. The van der Waals surface area contributed by atoms with Gasteiger partial charge in [0.15, 0.2) is 0 Å². The number of likely N-dealkylation sites (tertiary alicyclic amines) is 1. The van der Waals surface area contributed by atoms with Crippen LogP contribution in [0.15, 0.2) is 48.5 Å². The van der Waals surface area contributed by atoms with Crippen molar-refractivity contribution in [1.29, 1.82) is 0 Å². The van der Waals surface area contributed by atoms with Crippen LogP contribution in [0.3, 0.4) is 0 Å². The summed E-state index contributed by atoms with van der Waals surface area (Å²) < 4.78 is 0. The predicted molar refractivity (Wildman–Crippen MR) is 129 cm³/mol. The molecule has 2 aliphatic heterocycles. The molecule has 0 saturated carbocycles. The van der Waals surface area contributed by atoms with Crippen molar-refractivity contribution >= 4 is 17.5 Å². The number of fused-ring (bicyclic) bond motifs is 1. The maximum Gasteiger partial charge on any atom is 0.251 e. The number of piperidine rings is 1. The Kier molecular flexibility index (Phi) is 7.46. The van der Waals surface area contributed by atoms with Crippen molar-refractivity contribution in [3.8, 4) is 0 Å². The lowest BCUT2D eigenvalue weighted by molar-refractivity contribution is -0.130. The molecule has 2 aromatic carbocycles. The fraction of sp³-hybridized carbons (Fsp3) is 0.481. The summed E-state index contributed by atoms with van der Waals surface area (Å²) in [6, 6.07) is 16.7. The van der Waals surface area contributed by atoms with E-state index in [0.717, 1.165) is 63.8 Å². The van der Waals surface area contributed by atoms with Crippen molar-refractivity contribution in [3.63, 3.8) is 0 Å². The molecule has 2 amide bonds. The van der Waals surface area contributed by atoms with E-state index in [1.54, 1.807) is 6.92 Å². The molecule has 0 unspecified atom stereocenters. The molecular formula is C27H35N3O2. The van der Waals surface area contributed by atoms with Crippen molar-refractivity contribution in [2.45, 2.75) is 45.4 Å². The highest BCUT2D eigenvalue weighted by Crippen LogP contribution is 2.26. The number of hydrogen-bond donors (Lipinski definition) is 1. The average molecular weight is 434 g/mol. The Morgan fingerprint density at radius 3 is 2.50 bits per heavy atom. The van der Waals surface area contributed by atoms with E-state index >= 15 is 0 Å². The smallest absolute Gasteiger partial charge is 0.251 e. The number of carbonyl (C=O) groups is 2. The number of anilines is 1. The van der Waals surface area contributed by atoms with Crippen LogP contribution >= 0.6 is 0 Å². The number of benzene rings is 2. The van der Waals surface area contributed by atoms with Gasteiger partial charge in [-0.05, 0) is 73.8 Å². The fourth-order valence-corrected chi connectivity index (χ4v) is 5.00. The van der Waals surface area contributed by atoms with Crippen LogP contribution in [-0.2, 0) is 17.6 Å². The Morgan fingerprint density at radius 2 is 1.75 bits per heavy atom. The van der Waals surface area contributed by atoms with Gasteiger partial charge >= 0.3 is 0 Å². The maximum absolute atomic E-state index is 12.5. The maximum atomic E-state index is 12.5. The van der Waals surface area contributed by atoms with Crippen LogP contribution in [0.1, 0.15) is 54.1 Å². The van der Waals surface area contributed by atoms with Gasteiger partial charge in [0.2, 0.25) is 5.91 Å². The topological polar surface area (TPSA) is 52.7 Å². The summed E-state index contributed by atoms with van der Waals surface area (Å²) in [4.78, 5) is 28.4. The fourth-order valence-electron chi connectivity index (χ4n) is 5.00. The Morgan fingerprint density at radius 1 is 1.00 bits per heavy atom. The first-order valence-electron chi connectivity index (χ1n) is 12.1. The molecule has 0 spiro atoms. The van der Waals surface area contributed by atoms with Gasteiger partial charge in [0.05, 0.1) is 0 Å². The third kappa shape index (κ3) is 5.70. The Bertz CT molecular complexity index is 917. The van der Waals surface area contributed by atoms with Gasteiger partial charge in [0.1, 0.15) is 0 Å². The third-order valence-corrected chi connectivity index (χ3v) is 6.90. The van der Waals surface area contributed by atoms with E-state index < -0.39 is 0 Å². The Hall–Kier alpha value is -2.82. The molecule has 0 aromatic heterocycles. The van der Waals surface area contributed by atoms with Gasteiger partial charge in [-0.2, -0.15) is 0 Å². The number of amides is 2. The summed E-state index contributed by atoms with van der Waals surface area (Å²) >= 11 is 0. The van der Waals surface area contributed by atoms with E-state index in [4.69, 9.17) is 0 Å². The van der Waals surface area contributed by atoms with Crippen molar-refractivity contribution in [2.24, 2.45) is 5.92 Å². The molecule has 5 nitrogen and oxygen atoms in total. The zero-order chi connectivity index (χ0) is 22.3. The highest BCUT2D eigenvalue weighted by molar-refractivity contribution is 5.94. The summed E-state index contributed by atoms with van der Waals surface area (Å²) in [5, 5.41) is 3.08. The second kappa shape index (κ2) is 10.7. The first kappa shape index (κ1) is 22.4. The number of hydrogen-bond acceptors (Lipinski definition) is 3. The van der Waals surface area contributed by atoms with Crippen LogP contribution in [0.2, 0.25) is 0 Å². The number of nitrogens with one attached hydrogen (secondary N) is 1. The van der Waals surface area contributed by atoms with Crippen LogP contribution in [0, 0.1) is 5.92 Å². The molecule has 32 heavy (non-hydrogen) atoms. The second-order valence-corrected chi connectivity index (χ2v) is 9.18. The van der Waals surface area contributed by atoms with E-state index in [1.165, 1.54) is 23.2 Å². The molecule has 2 heterocycles. The number of carbonyl (C=O) groups excluding carboxylic acids is 2. The lowest BCUT2D eigenvalue weighted by atomic mass is 9.90. The third-order valence-electron chi connectivity index (χ3n) is 6.90. The van der Waals surface area contributed by atoms with Crippen LogP contribution < -0.4 is 10.2 Å². The molecule has 0 atom stereocenters. The largest absolute Gasteiger partial charge is 0.371 e. The predicted octanol–water partition coefficient (Wildman–Crippen LogP) is 4.06. The number of para-hydroxylation sites is 1. The lowest BCUT2D eigenvalue weighted by Crippen LogP contribution is -2.37. The molecule has 1 N–H and O–H groups in total. The minimum Gasteiger partial charge on any atom is -0.371 e. The van der Waals surface area contributed by atoms with Crippen LogP contribution in [0.25, 0.3) is 0 Å². The van der Waals surface area contributed by atoms with Crippen LogP contribution in [0.5, 0.6) is 0 Å². The SMILES string of the molecule is CC(=O)N1CCC(Cc2ccc(C(=O)NCCCN3CCCc4ccccc43)cc2)CC1. The molecule has 5 heteroatoms. The monoisotopic (exact) mass is 433 g/mol. The Balaban J connectivity index is 1.19. The van der Waals surface area contributed by atoms with Gasteiger partial charge in [-0.3, -0.25) is 9.59 Å². The highest BCUT2D eigenvalue weighted by Gasteiger charge is 2.21. The van der Waals surface area contributed by atoms with Gasteiger partial charge in [-0.1, -0.05) is 30.3 Å². The van der Waals surface area contributed by atoms with Crippen molar-refractivity contribution in [2.75, 3.05) is 37.6 Å². The summed E-state index contributed by atoms with van der Waals surface area (Å²) in [5.41, 5.74) is 4.79. The lowest BCUT2D eigenvalue weighted by Gasteiger charge is -2.31. The van der Waals surface area contributed by atoms with Crippen LogP contribution in [0.4, 0.5) is 5.69 Å². The normalized spacial score (nSPS) is 16.5. The summed E-state index contributed by atoms with van der Waals surface area (Å²) in [6.07, 6.45) is 6.44. The van der Waals surface area contributed by atoms with Gasteiger partial charge in [0, 0.05) is 50.9 Å². The molecule has 0 aliphatic carbocycles. The van der Waals surface area contributed by atoms with Gasteiger partial charge in [-0.15, -0.1) is 0 Å². The van der Waals surface area contributed by atoms with E-state index in [0.29, 0.717) is 12.5 Å². The van der Waals surface area contributed by atoms with E-state index in [2.05, 4.69) is 46.6 Å². The Labute approximate surface area is 191 Å². The molecule has 4 rings (SSSR count). The highest BCUT2D eigenvalue weighted by atomic mass is 16.2. The summed E-state index contributed by atoms with van der Waals surface area (Å²) in [5.74, 6) is 0.801. The molecule has 1 saturated heterocycles. The van der Waals surface area contributed by atoms with E-state index in [1.807, 2.05) is 17.0 Å². The summed E-state index contributed by atoms with van der Waals surface area (Å²) in [6.45, 7) is 6.14. The average Bonchev–Trinajstić information content (AvgIpc) is 2.82. The molecular weight excluding hydrogens is 398 g/mol. The van der Waals surface area contributed by atoms with Crippen molar-refractivity contribution in [1.82, 2.24) is 10.2 Å². The van der Waals surface area contributed by atoms with Crippen molar-refractivity contribution < 1.29 is 9.59 Å². The van der Waals surface area contributed by atoms with E-state index in [-0.39, 0.29) is 11.8 Å². The first-order chi connectivity index (χ1) is 15.6. The molecule has 1 fully saturated rings. The minimum atomic E-state index is 0.00496. The van der Waals surface area contributed by atoms with Gasteiger partial charge in [-0.25, -0.2) is 0 Å². The minimum absolute atomic E-state index is 0.00496. The zero-order valence-electron chi connectivity index (χ0n) is 19.2.